The molecule has 10 heteroatoms. The number of nitrogens with zero attached hydrogens (tertiary/aromatic N) is 3. The van der Waals surface area contributed by atoms with E-state index in [4.69, 9.17) is 0 Å². The fourth-order valence-corrected chi connectivity index (χ4v) is 5.92. The number of sulfonamides is 1. The largest absolute Gasteiger partial charge is 0.312 e. The lowest BCUT2D eigenvalue weighted by Gasteiger charge is -2.25. The van der Waals surface area contributed by atoms with Crippen LogP contribution in [0.1, 0.15) is 17.5 Å². The van der Waals surface area contributed by atoms with Crippen molar-refractivity contribution in [3.05, 3.63) is 51.4 Å². The zero-order valence-corrected chi connectivity index (χ0v) is 17.1. The molecule has 5 rings (SSSR count). The topological polar surface area (TPSA) is 101 Å². The second-order valence-electron chi connectivity index (χ2n) is 7.16. The fraction of sp³-hybridized carbons (Fsp3) is 0.316. The predicted molar refractivity (Wildman–Crippen MR) is 110 cm³/mol. The van der Waals surface area contributed by atoms with Crippen molar-refractivity contribution in [3.63, 3.8) is 0 Å². The minimum absolute atomic E-state index is 0.0812. The molecule has 0 atom stereocenters. The third-order valence-corrected chi connectivity index (χ3v) is 7.75. The monoisotopic (exact) mass is 430 g/mol. The highest BCUT2D eigenvalue weighted by Crippen LogP contribution is 2.38. The lowest BCUT2D eigenvalue weighted by Crippen LogP contribution is -2.33. The third-order valence-electron chi connectivity index (χ3n) is 5.42. The molecule has 150 valence electrons. The molecule has 1 N–H and O–H groups in total. The number of fused-ring (bicyclic) bond motifs is 1. The number of thiophene rings is 1. The van der Waals surface area contributed by atoms with Crippen LogP contribution in [-0.2, 0) is 34.2 Å². The highest BCUT2D eigenvalue weighted by Gasteiger charge is 2.32. The van der Waals surface area contributed by atoms with Gasteiger partial charge in [0.05, 0.1) is 22.4 Å². The molecule has 8 nitrogen and oxygen atoms in total. The summed E-state index contributed by atoms with van der Waals surface area (Å²) in [4.78, 5) is 30.6. The molecule has 0 unspecified atom stereocenters. The number of hydrogen-bond acceptors (Lipinski definition) is 6. The van der Waals surface area contributed by atoms with E-state index < -0.39 is 10.0 Å². The summed E-state index contributed by atoms with van der Waals surface area (Å²) in [6, 6.07) is 5.10. The number of aromatic nitrogens is 2. The van der Waals surface area contributed by atoms with Crippen LogP contribution < -0.4 is 15.2 Å². The minimum Gasteiger partial charge on any atom is -0.312 e. The molecule has 3 aromatic rings. The summed E-state index contributed by atoms with van der Waals surface area (Å²) in [5, 5.41) is 1.81. The minimum atomic E-state index is -3.72. The Labute approximate surface area is 170 Å². The summed E-state index contributed by atoms with van der Waals surface area (Å²) < 4.78 is 30.2. The van der Waals surface area contributed by atoms with Crippen LogP contribution >= 0.6 is 11.3 Å². The molecule has 0 aliphatic carbocycles. The number of aryl methyl sites for hydroxylation is 1. The number of hydrogen-bond donors (Lipinski definition) is 1. The normalized spacial score (nSPS) is 15.9. The first-order valence-corrected chi connectivity index (χ1v) is 11.7. The van der Waals surface area contributed by atoms with E-state index in [-0.39, 0.29) is 29.5 Å². The van der Waals surface area contributed by atoms with Crippen LogP contribution in [0.3, 0.4) is 0 Å². The van der Waals surface area contributed by atoms with Crippen LogP contribution in [-0.4, -0.2) is 37.0 Å². The maximum atomic E-state index is 12.8. The van der Waals surface area contributed by atoms with E-state index in [9.17, 15) is 18.0 Å². The van der Waals surface area contributed by atoms with Gasteiger partial charge in [-0.15, -0.1) is 11.3 Å². The molecule has 2 aliphatic heterocycles. The van der Waals surface area contributed by atoms with Gasteiger partial charge >= 0.3 is 0 Å². The molecule has 2 aliphatic rings. The van der Waals surface area contributed by atoms with Crippen molar-refractivity contribution in [1.29, 1.82) is 0 Å². The molecular formula is C19H18N4O4S2. The van der Waals surface area contributed by atoms with Crippen LogP contribution in [0.4, 0.5) is 5.69 Å². The SMILES string of the molecule is O=C1CCc2cc(S(=O)(=O)NCCn3cnc4ccsc4c3=O)cc3c2N1CC3. The quantitative estimate of drug-likeness (QED) is 0.657. The Hall–Kier alpha value is -2.56. The summed E-state index contributed by atoms with van der Waals surface area (Å²) in [5.41, 5.74) is 3.18. The Morgan fingerprint density at radius 2 is 1.93 bits per heavy atom. The molecule has 1 amide bonds. The first-order chi connectivity index (χ1) is 13.9. The molecule has 1 aromatic carbocycles. The summed E-state index contributed by atoms with van der Waals surface area (Å²) in [7, 11) is -3.72. The smallest absolute Gasteiger partial charge is 0.271 e. The van der Waals surface area contributed by atoms with Gasteiger partial charge in [0, 0.05) is 26.1 Å². The lowest BCUT2D eigenvalue weighted by molar-refractivity contribution is -0.118. The maximum absolute atomic E-state index is 12.8. The first-order valence-electron chi connectivity index (χ1n) is 9.32. The number of anilines is 1. The van der Waals surface area contributed by atoms with Gasteiger partial charge in [-0.05, 0) is 47.5 Å². The van der Waals surface area contributed by atoms with Gasteiger partial charge in [0.1, 0.15) is 4.70 Å². The predicted octanol–water partition coefficient (Wildman–Crippen LogP) is 1.27. The molecule has 0 spiro atoms. The fourth-order valence-electron chi connectivity index (χ4n) is 4.00. The van der Waals surface area contributed by atoms with Crippen molar-refractivity contribution in [2.45, 2.75) is 30.7 Å². The number of benzene rings is 1. The van der Waals surface area contributed by atoms with Gasteiger partial charge in [-0.25, -0.2) is 18.1 Å². The zero-order valence-electron chi connectivity index (χ0n) is 15.4. The van der Waals surface area contributed by atoms with Crippen molar-refractivity contribution in [1.82, 2.24) is 14.3 Å². The molecule has 0 radical (unpaired) electrons. The van der Waals surface area contributed by atoms with E-state index in [1.807, 2.05) is 0 Å². The van der Waals surface area contributed by atoms with Gasteiger partial charge < -0.3 is 4.90 Å². The third kappa shape index (κ3) is 3.07. The number of carbonyl (C=O) groups excluding carboxylic acids is 1. The Morgan fingerprint density at radius 1 is 1.14 bits per heavy atom. The number of amides is 1. The highest BCUT2D eigenvalue weighted by molar-refractivity contribution is 7.89. The molecule has 0 saturated carbocycles. The van der Waals surface area contributed by atoms with E-state index in [1.54, 1.807) is 28.5 Å². The Bertz CT molecular complexity index is 1310. The van der Waals surface area contributed by atoms with Crippen LogP contribution in [0.5, 0.6) is 0 Å². The van der Waals surface area contributed by atoms with E-state index in [1.165, 1.54) is 22.2 Å². The van der Waals surface area contributed by atoms with Gasteiger partial charge in [0.25, 0.3) is 5.56 Å². The second kappa shape index (κ2) is 6.75. The zero-order chi connectivity index (χ0) is 20.2. The number of rotatable bonds is 5. The summed E-state index contributed by atoms with van der Waals surface area (Å²) in [6.45, 7) is 0.885. The standard InChI is InChI=1S/C19H18N4O4S2/c24-16-2-1-12-9-14(10-13-3-6-23(16)17(12)13)29(26,27)21-5-7-22-11-20-15-4-8-28-18(15)19(22)25/h4,8-11,21H,1-3,5-7H2. The molecular weight excluding hydrogens is 412 g/mol. The van der Waals surface area contributed by atoms with E-state index in [2.05, 4.69) is 9.71 Å². The number of nitrogens with one attached hydrogen (secondary N) is 1. The molecule has 2 aromatic heterocycles. The highest BCUT2D eigenvalue weighted by atomic mass is 32.2. The van der Waals surface area contributed by atoms with E-state index >= 15 is 0 Å². The molecule has 0 bridgehead atoms. The first kappa shape index (κ1) is 18.5. The van der Waals surface area contributed by atoms with E-state index in [0.29, 0.717) is 36.0 Å². The Morgan fingerprint density at radius 3 is 2.76 bits per heavy atom. The van der Waals surface area contributed by atoms with Crippen molar-refractivity contribution < 1.29 is 13.2 Å². The number of carbonyl (C=O) groups is 1. The van der Waals surface area contributed by atoms with Crippen LogP contribution in [0.15, 0.2) is 39.6 Å². The Kier molecular flexibility index (Phi) is 4.30. The van der Waals surface area contributed by atoms with Gasteiger partial charge in [-0.1, -0.05) is 0 Å². The van der Waals surface area contributed by atoms with Gasteiger partial charge in [0.15, 0.2) is 0 Å². The van der Waals surface area contributed by atoms with Crippen LogP contribution in [0.25, 0.3) is 10.2 Å². The van der Waals surface area contributed by atoms with Crippen LogP contribution in [0, 0.1) is 0 Å². The van der Waals surface area contributed by atoms with Gasteiger partial charge in [-0.2, -0.15) is 0 Å². The van der Waals surface area contributed by atoms with Crippen LogP contribution in [0.2, 0.25) is 0 Å². The van der Waals surface area contributed by atoms with Crippen molar-refractivity contribution in [3.8, 4) is 0 Å². The maximum Gasteiger partial charge on any atom is 0.271 e. The average molecular weight is 431 g/mol. The summed E-state index contributed by atoms with van der Waals surface area (Å²) in [6.07, 6.45) is 3.07. The van der Waals surface area contributed by atoms with Crippen molar-refractivity contribution in [2.24, 2.45) is 0 Å². The molecule has 4 heterocycles. The van der Waals surface area contributed by atoms with Gasteiger partial charge in [-0.3, -0.25) is 14.2 Å². The second-order valence-corrected chi connectivity index (χ2v) is 9.84. The molecule has 29 heavy (non-hydrogen) atoms. The summed E-state index contributed by atoms with van der Waals surface area (Å²) >= 11 is 1.32. The lowest BCUT2D eigenvalue weighted by atomic mass is 10.00. The van der Waals surface area contributed by atoms with E-state index in [0.717, 1.165) is 16.8 Å². The summed E-state index contributed by atoms with van der Waals surface area (Å²) in [5.74, 6) is 0.103. The van der Waals surface area contributed by atoms with Gasteiger partial charge in [0.2, 0.25) is 15.9 Å². The Balaban J connectivity index is 1.36. The van der Waals surface area contributed by atoms with Crippen molar-refractivity contribution in [2.75, 3.05) is 18.0 Å². The molecule has 0 fully saturated rings. The van der Waals surface area contributed by atoms with Crippen molar-refractivity contribution >= 4 is 43.2 Å². The average Bonchev–Trinajstić information content (AvgIpc) is 3.34. The molecule has 0 saturated heterocycles.